The monoisotopic (exact) mass is 235 g/mol. The van der Waals surface area contributed by atoms with Crippen LogP contribution in [0.1, 0.15) is 42.7 Å². The number of benzene rings is 1. The van der Waals surface area contributed by atoms with Crippen molar-refractivity contribution in [1.29, 1.82) is 0 Å². The number of hydrogen-bond acceptors (Lipinski definition) is 3. The Bertz CT molecular complexity index is 446. The first-order chi connectivity index (χ1) is 7.73. The van der Waals surface area contributed by atoms with E-state index < -0.39 is 17.4 Å². The number of aromatic carboxylic acids is 1. The highest BCUT2D eigenvalue weighted by Crippen LogP contribution is 2.24. The van der Waals surface area contributed by atoms with Gasteiger partial charge in [0.05, 0.1) is 11.6 Å². The molecule has 17 heavy (non-hydrogen) atoms. The summed E-state index contributed by atoms with van der Waals surface area (Å²) in [6.07, 6.45) is 0. The summed E-state index contributed by atoms with van der Waals surface area (Å²) < 4.78 is 0. The average molecular weight is 235 g/mol. The number of rotatable bonds is 3. The Morgan fingerprint density at radius 2 is 1.88 bits per heavy atom. The quantitative estimate of drug-likeness (QED) is 0.839. The fraction of sp³-hybridized carbons (Fsp3) is 0.385. The van der Waals surface area contributed by atoms with Crippen molar-refractivity contribution in [3.8, 4) is 0 Å². The Morgan fingerprint density at radius 3 is 2.35 bits per heavy atom. The lowest BCUT2D eigenvalue weighted by atomic mass is 9.84. The molecule has 0 radical (unpaired) electrons. The van der Waals surface area contributed by atoms with Crippen molar-refractivity contribution in [2.75, 3.05) is 0 Å². The first-order valence-corrected chi connectivity index (χ1v) is 5.36. The van der Waals surface area contributed by atoms with Gasteiger partial charge in [0.15, 0.2) is 5.78 Å². The molecule has 1 aromatic carbocycles. The van der Waals surface area contributed by atoms with Gasteiger partial charge in [0.2, 0.25) is 0 Å². The van der Waals surface area contributed by atoms with Gasteiger partial charge in [-0.05, 0) is 17.7 Å². The molecule has 0 heterocycles. The highest BCUT2D eigenvalue weighted by molar-refractivity contribution is 5.91. The summed E-state index contributed by atoms with van der Waals surface area (Å²) in [5, 5.41) is 8.86. The topological polar surface area (TPSA) is 80.4 Å². The van der Waals surface area contributed by atoms with Gasteiger partial charge in [-0.1, -0.05) is 32.9 Å². The van der Waals surface area contributed by atoms with Gasteiger partial charge >= 0.3 is 5.97 Å². The van der Waals surface area contributed by atoms with Crippen molar-refractivity contribution in [2.45, 2.75) is 26.8 Å². The number of carboxylic acids is 1. The molecule has 1 unspecified atom stereocenters. The lowest BCUT2D eigenvalue weighted by Gasteiger charge is -2.22. The Morgan fingerprint density at radius 1 is 1.29 bits per heavy atom. The van der Waals surface area contributed by atoms with Crippen LogP contribution in [0.3, 0.4) is 0 Å². The van der Waals surface area contributed by atoms with E-state index in [0.717, 1.165) is 0 Å². The largest absolute Gasteiger partial charge is 0.478 e. The molecule has 0 aliphatic rings. The lowest BCUT2D eigenvalue weighted by Crippen LogP contribution is -2.32. The van der Waals surface area contributed by atoms with Gasteiger partial charge < -0.3 is 10.8 Å². The van der Waals surface area contributed by atoms with Crippen molar-refractivity contribution in [3.05, 3.63) is 35.4 Å². The van der Waals surface area contributed by atoms with E-state index in [-0.39, 0.29) is 11.3 Å². The molecule has 3 N–H and O–H groups in total. The van der Waals surface area contributed by atoms with Gasteiger partial charge in [-0.2, -0.15) is 0 Å². The Hall–Kier alpha value is -1.68. The predicted molar refractivity (Wildman–Crippen MR) is 64.8 cm³/mol. The van der Waals surface area contributed by atoms with Gasteiger partial charge in [0, 0.05) is 5.41 Å². The van der Waals surface area contributed by atoms with Crippen LogP contribution in [0.25, 0.3) is 0 Å². The van der Waals surface area contributed by atoms with Crippen LogP contribution in [0.2, 0.25) is 0 Å². The molecule has 0 aliphatic heterocycles. The SMILES string of the molecule is CC(C)(C)C(=O)C(N)c1cccc(C(=O)O)c1. The second-order valence-electron chi connectivity index (χ2n) is 5.02. The third kappa shape index (κ3) is 3.14. The van der Waals surface area contributed by atoms with Gasteiger partial charge in [-0.3, -0.25) is 4.79 Å². The summed E-state index contributed by atoms with van der Waals surface area (Å²) in [4.78, 5) is 22.8. The van der Waals surface area contributed by atoms with E-state index >= 15 is 0 Å². The Labute approximate surface area is 100 Å². The molecule has 0 saturated carbocycles. The van der Waals surface area contributed by atoms with Crippen molar-refractivity contribution in [2.24, 2.45) is 11.1 Å². The fourth-order valence-electron chi connectivity index (χ4n) is 1.48. The highest BCUT2D eigenvalue weighted by atomic mass is 16.4. The summed E-state index contributed by atoms with van der Waals surface area (Å²) in [7, 11) is 0. The zero-order valence-corrected chi connectivity index (χ0v) is 10.2. The molecule has 0 saturated heterocycles. The van der Waals surface area contributed by atoms with Crippen LogP contribution in [0.5, 0.6) is 0 Å². The van der Waals surface area contributed by atoms with Gasteiger partial charge in [-0.25, -0.2) is 4.79 Å². The molecule has 0 aromatic heterocycles. The number of nitrogens with two attached hydrogens (primary N) is 1. The van der Waals surface area contributed by atoms with E-state index in [2.05, 4.69) is 0 Å². The number of Topliss-reactive ketones (excluding diaryl/α,β-unsaturated/α-hetero) is 1. The number of hydrogen-bond donors (Lipinski definition) is 2. The molecular formula is C13H17NO3. The van der Waals surface area contributed by atoms with Crippen LogP contribution in [0.4, 0.5) is 0 Å². The molecule has 0 amide bonds. The smallest absolute Gasteiger partial charge is 0.335 e. The zero-order valence-electron chi connectivity index (χ0n) is 10.2. The Kier molecular flexibility index (Phi) is 3.68. The van der Waals surface area contributed by atoms with Crippen LogP contribution in [-0.4, -0.2) is 16.9 Å². The second kappa shape index (κ2) is 4.67. The first-order valence-electron chi connectivity index (χ1n) is 5.36. The minimum atomic E-state index is -1.03. The minimum Gasteiger partial charge on any atom is -0.478 e. The van der Waals surface area contributed by atoms with E-state index in [0.29, 0.717) is 5.56 Å². The van der Waals surface area contributed by atoms with E-state index in [1.807, 2.05) is 0 Å². The number of ketones is 1. The molecule has 92 valence electrons. The highest BCUT2D eigenvalue weighted by Gasteiger charge is 2.28. The average Bonchev–Trinajstić information content (AvgIpc) is 2.26. The number of carbonyl (C=O) groups excluding carboxylic acids is 1. The van der Waals surface area contributed by atoms with Crippen molar-refractivity contribution in [3.63, 3.8) is 0 Å². The molecule has 1 atom stereocenters. The second-order valence-corrected chi connectivity index (χ2v) is 5.02. The molecule has 0 spiro atoms. The third-order valence-electron chi connectivity index (χ3n) is 2.51. The van der Waals surface area contributed by atoms with Crippen LogP contribution >= 0.6 is 0 Å². The van der Waals surface area contributed by atoms with E-state index in [1.165, 1.54) is 12.1 Å². The summed E-state index contributed by atoms with van der Waals surface area (Å²) in [6.45, 7) is 5.36. The maximum Gasteiger partial charge on any atom is 0.335 e. The van der Waals surface area contributed by atoms with Gasteiger partial charge in [0.1, 0.15) is 0 Å². The predicted octanol–water partition coefficient (Wildman–Crippen LogP) is 2.00. The van der Waals surface area contributed by atoms with Crippen LogP contribution in [0, 0.1) is 5.41 Å². The summed E-state index contributed by atoms with van der Waals surface area (Å²) in [5.74, 6) is -1.14. The minimum absolute atomic E-state index is 0.111. The molecule has 4 nitrogen and oxygen atoms in total. The van der Waals surface area contributed by atoms with Crippen LogP contribution in [-0.2, 0) is 4.79 Å². The molecular weight excluding hydrogens is 218 g/mol. The molecule has 1 rings (SSSR count). The van der Waals surface area contributed by atoms with Crippen molar-refractivity contribution < 1.29 is 14.7 Å². The van der Waals surface area contributed by atoms with E-state index in [1.54, 1.807) is 32.9 Å². The summed E-state index contributed by atoms with van der Waals surface area (Å²) in [6, 6.07) is 5.39. The normalized spacial score (nSPS) is 13.2. The summed E-state index contributed by atoms with van der Waals surface area (Å²) in [5.41, 5.74) is 5.98. The van der Waals surface area contributed by atoms with Crippen LogP contribution in [0.15, 0.2) is 24.3 Å². The van der Waals surface area contributed by atoms with Crippen molar-refractivity contribution >= 4 is 11.8 Å². The molecule has 4 heteroatoms. The summed E-state index contributed by atoms with van der Waals surface area (Å²) >= 11 is 0. The van der Waals surface area contributed by atoms with E-state index in [4.69, 9.17) is 10.8 Å². The van der Waals surface area contributed by atoms with E-state index in [9.17, 15) is 9.59 Å². The first kappa shape index (κ1) is 13.4. The molecule has 0 bridgehead atoms. The van der Waals surface area contributed by atoms with Crippen LogP contribution < -0.4 is 5.73 Å². The lowest BCUT2D eigenvalue weighted by molar-refractivity contribution is -0.127. The Balaban J connectivity index is 3.05. The van der Waals surface area contributed by atoms with Gasteiger partial charge in [0.25, 0.3) is 0 Å². The standard InChI is InChI=1S/C13H17NO3/c1-13(2,3)11(15)10(14)8-5-4-6-9(7-8)12(16)17/h4-7,10H,14H2,1-3H3,(H,16,17). The third-order valence-corrected chi connectivity index (χ3v) is 2.51. The fourth-order valence-corrected chi connectivity index (χ4v) is 1.48. The zero-order chi connectivity index (χ0) is 13.2. The maximum absolute atomic E-state index is 12.0. The molecule has 1 aromatic rings. The molecule has 0 fully saturated rings. The van der Waals surface area contributed by atoms with Crippen molar-refractivity contribution in [1.82, 2.24) is 0 Å². The maximum atomic E-state index is 12.0. The molecule has 0 aliphatic carbocycles. The number of carbonyl (C=O) groups is 2. The number of carboxylic acid groups (broad SMARTS) is 1. The van der Waals surface area contributed by atoms with Gasteiger partial charge in [-0.15, -0.1) is 0 Å².